The van der Waals surface area contributed by atoms with Gasteiger partial charge in [0.15, 0.2) is 0 Å². The molecule has 0 bridgehead atoms. The lowest BCUT2D eigenvalue weighted by Crippen LogP contribution is -2.00. The highest BCUT2D eigenvalue weighted by molar-refractivity contribution is 5.45. The Labute approximate surface area is 93.9 Å². The van der Waals surface area contributed by atoms with E-state index in [2.05, 4.69) is 20.5 Å². The van der Waals surface area contributed by atoms with Gasteiger partial charge in [-0.05, 0) is 13.0 Å². The molecule has 2 N–H and O–H groups in total. The predicted octanol–water partition coefficient (Wildman–Crippen LogP) is 1.73. The van der Waals surface area contributed by atoms with Gasteiger partial charge in [0.1, 0.15) is 0 Å². The molecule has 84 valence electrons. The van der Waals surface area contributed by atoms with Gasteiger partial charge in [-0.25, -0.2) is 4.98 Å². The molecule has 0 aliphatic rings. The fourth-order valence-corrected chi connectivity index (χ4v) is 1.38. The fourth-order valence-electron chi connectivity index (χ4n) is 1.38. The van der Waals surface area contributed by atoms with Crippen LogP contribution in [-0.2, 0) is 6.54 Å². The molecule has 5 nitrogen and oxygen atoms in total. The molecule has 0 amide bonds. The number of nitrogens with zero attached hydrogens (tertiary/aromatic N) is 2. The average Bonchev–Trinajstić information content (AvgIpc) is 2.72. The van der Waals surface area contributed by atoms with Gasteiger partial charge >= 0.3 is 0 Å². The number of aryl methyl sites for hydroxylation is 1. The van der Waals surface area contributed by atoms with E-state index in [-0.39, 0.29) is 0 Å². The minimum atomic E-state index is 0.605. The van der Waals surface area contributed by atoms with Crippen LogP contribution in [0.15, 0.2) is 24.5 Å². The molecule has 2 heterocycles. The molecule has 16 heavy (non-hydrogen) atoms. The van der Waals surface area contributed by atoms with Gasteiger partial charge in [0.2, 0.25) is 5.88 Å². The van der Waals surface area contributed by atoms with Gasteiger partial charge in [-0.3, -0.25) is 5.10 Å². The van der Waals surface area contributed by atoms with E-state index in [0.717, 1.165) is 23.5 Å². The molecular formula is C11H14N4O. The van der Waals surface area contributed by atoms with Crippen molar-refractivity contribution in [3.63, 3.8) is 0 Å². The quantitative estimate of drug-likeness (QED) is 0.820. The predicted molar refractivity (Wildman–Crippen MR) is 61.4 cm³/mol. The number of aromatic nitrogens is 3. The van der Waals surface area contributed by atoms with Crippen molar-refractivity contribution >= 4 is 5.69 Å². The standard InChI is InChI=1S/C11H14N4O/c1-8-9(7-14-15-8)6-13-10-3-4-12-11(5-10)16-2/h3-5,7H,6H2,1-2H3,(H,12,13)(H,14,15). The van der Waals surface area contributed by atoms with E-state index in [1.54, 1.807) is 13.3 Å². The zero-order chi connectivity index (χ0) is 11.4. The summed E-state index contributed by atoms with van der Waals surface area (Å²) in [6.45, 7) is 2.73. The molecule has 0 radical (unpaired) electrons. The minimum Gasteiger partial charge on any atom is -0.481 e. The second-order valence-electron chi connectivity index (χ2n) is 3.46. The molecular weight excluding hydrogens is 204 g/mol. The van der Waals surface area contributed by atoms with Gasteiger partial charge in [-0.1, -0.05) is 0 Å². The number of pyridine rings is 1. The Hall–Kier alpha value is -2.04. The molecule has 0 unspecified atom stereocenters. The van der Waals surface area contributed by atoms with Crippen LogP contribution < -0.4 is 10.1 Å². The highest BCUT2D eigenvalue weighted by atomic mass is 16.5. The van der Waals surface area contributed by atoms with Crippen LogP contribution in [0.25, 0.3) is 0 Å². The minimum absolute atomic E-state index is 0.605. The lowest BCUT2D eigenvalue weighted by atomic mass is 10.2. The number of anilines is 1. The maximum Gasteiger partial charge on any atom is 0.214 e. The largest absolute Gasteiger partial charge is 0.481 e. The second kappa shape index (κ2) is 4.65. The van der Waals surface area contributed by atoms with Crippen LogP contribution >= 0.6 is 0 Å². The third-order valence-corrected chi connectivity index (χ3v) is 2.36. The third kappa shape index (κ3) is 2.31. The number of ether oxygens (including phenoxy) is 1. The number of hydrogen-bond donors (Lipinski definition) is 2. The summed E-state index contributed by atoms with van der Waals surface area (Å²) in [6, 6.07) is 3.76. The molecule has 2 rings (SSSR count). The Bertz CT molecular complexity index is 467. The molecule has 0 aromatic carbocycles. The maximum absolute atomic E-state index is 5.05. The summed E-state index contributed by atoms with van der Waals surface area (Å²) >= 11 is 0. The van der Waals surface area contributed by atoms with Crippen molar-refractivity contribution in [2.45, 2.75) is 13.5 Å². The Morgan fingerprint density at radius 3 is 3.06 bits per heavy atom. The van der Waals surface area contributed by atoms with Crippen molar-refractivity contribution in [2.75, 3.05) is 12.4 Å². The van der Waals surface area contributed by atoms with Gasteiger partial charge in [0, 0.05) is 35.8 Å². The van der Waals surface area contributed by atoms with Gasteiger partial charge in [0.05, 0.1) is 13.3 Å². The van der Waals surface area contributed by atoms with Crippen molar-refractivity contribution in [2.24, 2.45) is 0 Å². The van der Waals surface area contributed by atoms with E-state index in [1.165, 1.54) is 0 Å². The van der Waals surface area contributed by atoms with Crippen molar-refractivity contribution < 1.29 is 4.74 Å². The molecule has 0 fully saturated rings. The van der Waals surface area contributed by atoms with Crippen LogP contribution in [0.5, 0.6) is 5.88 Å². The van der Waals surface area contributed by atoms with Gasteiger partial charge in [0.25, 0.3) is 0 Å². The van der Waals surface area contributed by atoms with E-state index >= 15 is 0 Å². The van der Waals surface area contributed by atoms with E-state index in [1.807, 2.05) is 25.3 Å². The number of aromatic amines is 1. The van der Waals surface area contributed by atoms with E-state index < -0.39 is 0 Å². The summed E-state index contributed by atoms with van der Waals surface area (Å²) in [5, 5.41) is 10.1. The number of nitrogens with one attached hydrogen (secondary N) is 2. The molecule has 0 atom stereocenters. The molecule has 5 heteroatoms. The molecule has 0 saturated heterocycles. The monoisotopic (exact) mass is 218 g/mol. The number of rotatable bonds is 4. The molecule has 0 spiro atoms. The lowest BCUT2D eigenvalue weighted by molar-refractivity contribution is 0.398. The molecule has 0 aliphatic heterocycles. The average molecular weight is 218 g/mol. The van der Waals surface area contributed by atoms with Crippen molar-refractivity contribution in [1.29, 1.82) is 0 Å². The summed E-state index contributed by atoms with van der Waals surface area (Å²) < 4.78 is 5.05. The summed E-state index contributed by atoms with van der Waals surface area (Å²) in [4.78, 5) is 4.04. The zero-order valence-electron chi connectivity index (χ0n) is 9.32. The number of hydrogen-bond acceptors (Lipinski definition) is 4. The fraction of sp³-hybridized carbons (Fsp3) is 0.273. The summed E-state index contributed by atoms with van der Waals surface area (Å²) in [5.41, 5.74) is 3.21. The highest BCUT2D eigenvalue weighted by Gasteiger charge is 2.00. The van der Waals surface area contributed by atoms with Crippen LogP contribution in [0.1, 0.15) is 11.3 Å². The SMILES string of the molecule is COc1cc(NCc2cn[nH]c2C)ccn1. The van der Waals surface area contributed by atoms with Crippen LogP contribution in [0.2, 0.25) is 0 Å². The van der Waals surface area contributed by atoms with Crippen molar-refractivity contribution in [3.05, 3.63) is 35.8 Å². The smallest absolute Gasteiger partial charge is 0.214 e. The topological polar surface area (TPSA) is 62.8 Å². The third-order valence-electron chi connectivity index (χ3n) is 2.36. The van der Waals surface area contributed by atoms with Gasteiger partial charge in [-0.2, -0.15) is 5.10 Å². The molecule has 0 saturated carbocycles. The Kier molecular flexibility index (Phi) is 3.05. The normalized spacial score (nSPS) is 10.1. The van der Waals surface area contributed by atoms with E-state index in [9.17, 15) is 0 Å². The zero-order valence-corrected chi connectivity index (χ0v) is 9.32. The van der Waals surface area contributed by atoms with Crippen LogP contribution in [0.4, 0.5) is 5.69 Å². The summed E-state index contributed by atoms with van der Waals surface area (Å²) in [7, 11) is 1.60. The molecule has 2 aromatic rings. The first-order valence-electron chi connectivity index (χ1n) is 5.02. The first-order valence-corrected chi connectivity index (χ1v) is 5.02. The maximum atomic E-state index is 5.05. The Balaban J connectivity index is 2.02. The van der Waals surface area contributed by atoms with E-state index in [0.29, 0.717) is 5.88 Å². The number of H-pyrrole nitrogens is 1. The van der Waals surface area contributed by atoms with E-state index in [4.69, 9.17) is 4.74 Å². The number of methoxy groups -OCH3 is 1. The molecule has 0 aliphatic carbocycles. The van der Waals surface area contributed by atoms with Crippen LogP contribution in [-0.4, -0.2) is 22.3 Å². The van der Waals surface area contributed by atoms with Gasteiger partial charge in [-0.15, -0.1) is 0 Å². The second-order valence-corrected chi connectivity index (χ2v) is 3.46. The van der Waals surface area contributed by atoms with Crippen LogP contribution in [0, 0.1) is 6.92 Å². The van der Waals surface area contributed by atoms with Crippen LogP contribution in [0.3, 0.4) is 0 Å². The van der Waals surface area contributed by atoms with Crippen molar-refractivity contribution in [1.82, 2.24) is 15.2 Å². The lowest BCUT2D eigenvalue weighted by Gasteiger charge is -2.06. The summed E-state index contributed by atoms with van der Waals surface area (Å²) in [5.74, 6) is 0.605. The summed E-state index contributed by atoms with van der Waals surface area (Å²) in [6.07, 6.45) is 3.53. The molecule has 2 aromatic heterocycles. The highest BCUT2D eigenvalue weighted by Crippen LogP contribution is 2.14. The first kappa shape index (κ1) is 10.5. The Morgan fingerprint density at radius 1 is 1.50 bits per heavy atom. The first-order chi connectivity index (χ1) is 7.79. The van der Waals surface area contributed by atoms with Gasteiger partial charge < -0.3 is 10.1 Å². The van der Waals surface area contributed by atoms with Crippen molar-refractivity contribution in [3.8, 4) is 5.88 Å². The Morgan fingerprint density at radius 2 is 2.38 bits per heavy atom.